The van der Waals surface area contributed by atoms with Crippen LogP contribution in [-0.2, 0) is 31.9 Å². The number of aryl methyl sites for hydroxylation is 4. The molecule has 0 N–H and O–H groups in total. The summed E-state index contributed by atoms with van der Waals surface area (Å²) in [5.41, 5.74) is 8.17. The first kappa shape index (κ1) is 31.4. The number of ether oxygens (including phenoxy) is 2. The van der Waals surface area contributed by atoms with E-state index in [0.717, 1.165) is 55.6 Å². The summed E-state index contributed by atoms with van der Waals surface area (Å²) in [6.45, 7) is 9.06. The van der Waals surface area contributed by atoms with Crippen LogP contribution in [0.4, 0.5) is 17.1 Å². The lowest BCUT2D eigenvalue weighted by molar-refractivity contribution is -0.138. The van der Waals surface area contributed by atoms with Crippen LogP contribution in [0.1, 0.15) is 61.8 Å². The van der Waals surface area contributed by atoms with E-state index in [1.807, 2.05) is 26.0 Å². The Balaban J connectivity index is 1.68. The van der Waals surface area contributed by atoms with Gasteiger partial charge in [0.15, 0.2) is 0 Å². The Kier molecular flexibility index (Phi) is 12.9. The maximum Gasteiger partial charge on any atom is 0.330 e. The van der Waals surface area contributed by atoms with Crippen molar-refractivity contribution in [3.05, 3.63) is 113 Å². The van der Waals surface area contributed by atoms with Crippen molar-refractivity contribution < 1.29 is 19.1 Å². The van der Waals surface area contributed by atoms with Crippen LogP contribution in [0.5, 0.6) is 0 Å². The minimum absolute atomic E-state index is 0.277. The molecule has 0 atom stereocenters. The van der Waals surface area contributed by atoms with Crippen molar-refractivity contribution in [2.24, 2.45) is 0 Å². The summed E-state index contributed by atoms with van der Waals surface area (Å²) in [4.78, 5) is 25.6. The summed E-state index contributed by atoms with van der Waals surface area (Å²) in [6.07, 6.45) is 11.5. The quantitative estimate of drug-likeness (QED) is 0.107. The SMILES string of the molecule is CCC=CC(=O)OCCCc1ccc(N(c2ccc(CCCOC(=O)C=CCC)cc2)c2ccc(C)c(C)c2)cc1. The van der Waals surface area contributed by atoms with Gasteiger partial charge in [-0.05, 0) is 111 Å². The fraction of sp³-hybridized carbons (Fsp3) is 0.333. The highest BCUT2D eigenvalue weighted by Gasteiger charge is 2.13. The van der Waals surface area contributed by atoms with Crippen LogP contribution in [0.3, 0.4) is 0 Å². The molecule has 0 saturated heterocycles. The Morgan fingerprint density at radius 2 is 1.07 bits per heavy atom. The summed E-state index contributed by atoms with van der Waals surface area (Å²) in [5, 5.41) is 0. The molecule has 0 amide bonds. The van der Waals surface area contributed by atoms with Gasteiger partial charge in [-0.15, -0.1) is 0 Å². The first-order chi connectivity index (χ1) is 19.9. The van der Waals surface area contributed by atoms with Gasteiger partial charge < -0.3 is 14.4 Å². The van der Waals surface area contributed by atoms with Gasteiger partial charge in [-0.1, -0.05) is 56.3 Å². The molecular formula is C36H43NO4. The number of benzene rings is 3. The predicted molar refractivity (Wildman–Crippen MR) is 168 cm³/mol. The Morgan fingerprint density at radius 1 is 0.634 bits per heavy atom. The van der Waals surface area contributed by atoms with Gasteiger partial charge in [0.05, 0.1) is 13.2 Å². The number of hydrogen-bond acceptors (Lipinski definition) is 5. The molecule has 5 heteroatoms. The first-order valence-electron chi connectivity index (χ1n) is 14.6. The topological polar surface area (TPSA) is 55.8 Å². The second-order valence-electron chi connectivity index (χ2n) is 10.1. The average Bonchev–Trinajstić information content (AvgIpc) is 2.98. The minimum Gasteiger partial charge on any atom is -0.463 e. The van der Waals surface area contributed by atoms with E-state index in [2.05, 4.69) is 85.5 Å². The Hall–Kier alpha value is -4.12. The molecule has 0 spiro atoms. The standard InChI is InChI=1S/C36H43NO4/c1-5-7-13-35(38)40-25-9-11-30-16-21-32(22-17-30)37(34-20-15-28(3)29(4)27-34)33-23-18-31(19-24-33)12-10-26-41-36(39)14-8-6-2/h7-8,13-24,27H,5-6,9-12,25-26H2,1-4H3. The zero-order chi connectivity index (χ0) is 29.5. The molecule has 0 radical (unpaired) electrons. The number of anilines is 3. The molecule has 5 nitrogen and oxygen atoms in total. The number of carbonyl (C=O) groups excluding carboxylic acids is 2. The zero-order valence-corrected chi connectivity index (χ0v) is 24.9. The Labute approximate surface area is 245 Å². The lowest BCUT2D eigenvalue weighted by Gasteiger charge is -2.26. The Bertz CT molecular complexity index is 1230. The van der Waals surface area contributed by atoms with Gasteiger partial charge in [-0.2, -0.15) is 0 Å². The monoisotopic (exact) mass is 553 g/mol. The van der Waals surface area contributed by atoms with Crippen molar-refractivity contribution in [1.29, 1.82) is 0 Å². The van der Waals surface area contributed by atoms with Gasteiger partial charge in [-0.3, -0.25) is 0 Å². The van der Waals surface area contributed by atoms with Gasteiger partial charge in [0.25, 0.3) is 0 Å². The smallest absolute Gasteiger partial charge is 0.330 e. The molecule has 0 bridgehead atoms. The van der Waals surface area contributed by atoms with E-state index in [9.17, 15) is 9.59 Å². The number of allylic oxidation sites excluding steroid dienone is 2. The highest BCUT2D eigenvalue weighted by molar-refractivity contribution is 5.82. The summed E-state index contributed by atoms with van der Waals surface area (Å²) in [6, 6.07) is 23.7. The second-order valence-corrected chi connectivity index (χ2v) is 10.1. The van der Waals surface area contributed by atoms with Gasteiger partial charge in [-0.25, -0.2) is 9.59 Å². The summed E-state index contributed by atoms with van der Waals surface area (Å²) >= 11 is 0. The number of esters is 2. The molecule has 0 saturated carbocycles. The number of rotatable bonds is 15. The van der Waals surface area contributed by atoms with Crippen LogP contribution in [-0.4, -0.2) is 25.2 Å². The third-order valence-electron chi connectivity index (χ3n) is 6.83. The van der Waals surface area contributed by atoms with Crippen LogP contribution < -0.4 is 4.90 Å². The molecule has 0 aromatic heterocycles. The van der Waals surface area contributed by atoms with Crippen molar-refractivity contribution in [2.75, 3.05) is 18.1 Å². The molecule has 0 unspecified atom stereocenters. The number of carbonyl (C=O) groups is 2. The van der Waals surface area contributed by atoms with E-state index < -0.39 is 0 Å². The molecule has 3 rings (SSSR count). The van der Waals surface area contributed by atoms with E-state index in [0.29, 0.717) is 13.2 Å². The molecule has 3 aromatic rings. The molecule has 41 heavy (non-hydrogen) atoms. The van der Waals surface area contributed by atoms with Gasteiger partial charge in [0.2, 0.25) is 0 Å². The molecule has 0 aliphatic carbocycles. The van der Waals surface area contributed by atoms with E-state index in [1.165, 1.54) is 34.4 Å². The largest absolute Gasteiger partial charge is 0.463 e. The van der Waals surface area contributed by atoms with Crippen LogP contribution in [0.2, 0.25) is 0 Å². The average molecular weight is 554 g/mol. The minimum atomic E-state index is -0.277. The van der Waals surface area contributed by atoms with Crippen molar-refractivity contribution >= 4 is 29.0 Å². The number of hydrogen-bond donors (Lipinski definition) is 0. The van der Waals surface area contributed by atoms with Gasteiger partial charge >= 0.3 is 11.9 Å². The highest BCUT2D eigenvalue weighted by atomic mass is 16.5. The van der Waals surface area contributed by atoms with E-state index in [-0.39, 0.29) is 11.9 Å². The maximum atomic E-state index is 11.7. The molecule has 3 aromatic carbocycles. The number of nitrogens with zero attached hydrogens (tertiary/aromatic N) is 1. The van der Waals surface area contributed by atoms with E-state index in [4.69, 9.17) is 9.47 Å². The molecule has 0 aliphatic rings. The molecule has 0 heterocycles. The lowest BCUT2D eigenvalue weighted by atomic mass is 10.1. The fourth-order valence-electron chi connectivity index (χ4n) is 4.36. The van der Waals surface area contributed by atoms with Crippen LogP contribution >= 0.6 is 0 Å². The van der Waals surface area contributed by atoms with E-state index >= 15 is 0 Å². The predicted octanol–water partition coefficient (Wildman–Crippen LogP) is 8.66. The van der Waals surface area contributed by atoms with Crippen LogP contribution in [0, 0.1) is 13.8 Å². The lowest BCUT2D eigenvalue weighted by Crippen LogP contribution is -2.10. The molecular weight excluding hydrogens is 510 g/mol. The molecule has 0 aliphatic heterocycles. The zero-order valence-electron chi connectivity index (χ0n) is 24.9. The van der Waals surface area contributed by atoms with Crippen molar-refractivity contribution in [1.82, 2.24) is 0 Å². The molecule has 216 valence electrons. The van der Waals surface area contributed by atoms with Crippen molar-refractivity contribution in [2.45, 2.75) is 66.2 Å². The fourth-order valence-corrected chi connectivity index (χ4v) is 4.36. The third kappa shape index (κ3) is 10.4. The maximum absolute atomic E-state index is 11.7. The normalized spacial score (nSPS) is 11.2. The summed E-state index contributed by atoms with van der Waals surface area (Å²) in [7, 11) is 0. The summed E-state index contributed by atoms with van der Waals surface area (Å²) < 4.78 is 10.5. The van der Waals surface area contributed by atoms with Gasteiger partial charge in [0.1, 0.15) is 0 Å². The van der Waals surface area contributed by atoms with Crippen molar-refractivity contribution in [3.63, 3.8) is 0 Å². The third-order valence-corrected chi connectivity index (χ3v) is 6.83. The van der Waals surface area contributed by atoms with Crippen LogP contribution in [0.15, 0.2) is 91.0 Å². The second kappa shape index (κ2) is 16.9. The summed E-state index contributed by atoms with van der Waals surface area (Å²) in [5.74, 6) is -0.555. The highest BCUT2D eigenvalue weighted by Crippen LogP contribution is 2.35. The first-order valence-corrected chi connectivity index (χ1v) is 14.6. The van der Waals surface area contributed by atoms with Crippen molar-refractivity contribution in [3.8, 4) is 0 Å². The molecule has 0 fully saturated rings. The Morgan fingerprint density at radius 3 is 1.49 bits per heavy atom. The van der Waals surface area contributed by atoms with Crippen LogP contribution in [0.25, 0.3) is 0 Å². The van der Waals surface area contributed by atoms with Gasteiger partial charge in [0, 0.05) is 29.2 Å². The van der Waals surface area contributed by atoms with E-state index in [1.54, 1.807) is 0 Å².